The lowest BCUT2D eigenvalue weighted by Crippen LogP contribution is -2.22. The number of carbonyl (C=O) groups excluding carboxylic acids is 2. The number of nitro groups is 1. The van der Waals surface area contributed by atoms with Crippen LogP contribution in [0.25, 0.3) is 0 Å². The maximum atomic E-state index is 12.4. The molecule has 2 aromatic rings. The molecule has 8 nitrogen and oxygen atoms in total. The summed E-state index contributed by atoms with van der Waals surface area (Å²) in [5.41, 5.74) is -0.802. The Kier molecular flexibility index (Phi) is 7.27. The molecule has 0 aliphatic rings. The summed E-state index contributed by atoms with van der Waals surface area (Å²) in [5, 5.41) is 13.3. The highest BCUT2D eigenvalue weighted by molar-refractivity contribution is 7.98. The van der Waals surface area contributed by atoms with E-state index in [1.807, 2.05) is 0 Å². The van der Waals surface area contributed by atoms with E-state index in [-0.39, 0.29) is 17.0 Å². The van der Waals surface area contributed by atoms with Crippen molar-refractivity contribution < 1.29 is 32.8 Å². The number of benzene rings is 2. The van der Waals surface area contributed by atoms with Crippen molar-refractivity contribution in [3.8, 4) is 5.75 Å². The van der Waals surface area contributed by atoms with Gasteiger partial charge < -0.3 is 14.8 Å². The molecule has 0 unspecified atom stereocenters. The topological polar surface area (TPSA) is 108 Å². The molecule has 0 radical (unpaired) electrons. The van der Waals surface area contributed by atoms with Gasteiger partial charge in [0.15, 0.2) is 6.61 Å². The van der Waals surface area contributed by atoms with Crippen LogP contribution in [0.2, 0.25) is 0 Å². The average Bonchev–Trinajstić information content (AvgIpc) is 2.66. The number of hydrogen-bond donors (Lipinski definition) is 1. The van der Waals surface area contributed by atoms with Gasteiger partial charge >= 0.3 is 12.6 Å². The van der Waals surface area contributed by atoms with Gasteiger partial charge in [-0.3, -0.25) is 14.9 Å². The molecular formula is C17H14F2N2O6S. The number of nitrogens with one attached hydrogen (secondary N) is 1. The van der Waals surface area contributed by atoms with Crippen LogP contribution >= 0.6 is 11.8 Å². The van der Waals surface area contributed by atoms with Gasteiger partial charge in [-0.25, -0.2) is 4.79 Å². The van der Waals surface area contributed by atoms with E-state index in [1.54, 1.807) is 6.26 Å². The highest BCUT2D eigenvalue weighted by Gasteiger charge is 2.23. The first-order valence-corrected chi connectivity index (χ1v) is 8.87. The molecule has 0 aliphatic heterocycles. The van der Waals surface area contributed by atoms with E-state index in [0.717, 1.165) is 0 Å². The van der Waals surface area contributed by atoms with Crippen molar-refractivity contribution in [3.63, 3.8) is 0 Å². The number of thioether (sulfide) groups is 1. The fourth-order valence-electron chi connectivity index (χ4n) is 2.13. The molecule has 0 aliphatic carbocycles. The number of ether oxygens (including phenoxy) is 2. The Morgan fingerprint density at radius 2 is 1.96 bits per heavy atom. The second-order valence-electron chi connectivity index (χ2n) is 5.14. The van der Waals surface area contributed by atoms with Crippen molar-refractivity contribution in [2.24, 2.45) is 0 Å². The number of halogens is 2. The summed E-state index contributed by atoms with van der Waals surface area (Å²) in [6.45, 7) is -3.86. The molecule has 28 heavy (non-hydrogen) atoms. The van der Waals surface area contributed by atoms with Gasteiger partial charge in [-0.1, -0.05) is 12.1 Å². The number of para-hydroxylation sites is 2. The fraction of sp³-hybridized carbons (Fsp3) is 0.176. The number of nitrogens with zero attached hydrogens (tertiary/aromatic N) is 1. The summed E-state index contributed by atoms with van der Waals surface area (Å²) in [5.74, 6) is -2.15. The van der Waals surface area contributed by atoms with Crippen LogP contribution in [0.5, 0.6) is 5.75 Å². The van der Waals surface area contributed by atoms with E-state index in [0.29, 0.717) is 4.90 Å². The maximum Gasteiger partial charge on any atom is 0.387 e. The number of amides is 1. The SMILES string of the molecule is CSc1ccc([N+](=O)[O-])c(C(=O)OCC(=O)Nc2ccccc2OC(F)F)c1. The molecule has 0 bridgehead atoms. The number of alkyl halides is 2. The van der Waals surface area contributed by atoms with Crippen LogP contribution in [-0.2, 0) is 9.53 Å². The molecule has 148 valence electrons. The van der Waals surface area contributed by atoms with Crippen molar-refractivity contribution in [1.29, 1.82) is 0 Å². The molecule has 0 atom stereocenters. The van der Waals surface area contributed by atoms with Crippen molar-refractivity contribution in [3.05, 3.63) is 58.1 Å². The molecule has 11 heteroatoms. The average molecular weight is 412 g/mol. The summed E-state index contributed by atoms with van der Waals surface area (Å²) >= 11 is 1.27. The summed E-state index contributed by atoms with van der Waals surface area (Å²) in [4.78, 5) is 35.1. The van der Waals surface area contributed by atoms with E-state index in [2.05, 4.69) is 10.1 Å². The quantitative estimate of drug-likeness (QED) is 0.305. The monoisotopic (exact) mass is 412 g/mol. The van der Waals surface area contributed by atoms with Crippen molar-refractivity contribution in [2.75, 3.05) is 18.2 Å². The first-order valence-electron chi connectivity index (χ1n) is 7.65. The van der Waals surface area contributed by atoms with E-state index < -0.39 is 35.7 Å². The third-order valence-corrected chi connectivity index (χ3v) is 4.06. The summed E-state index contributed by atoms with van der Waals surface area (Å²) in [6, 6.07) is 9.40. The first kappa shape index (κ1) is 21.1. The number of nitro benzene ring substituents is 1. The third-order valence-electron chi connectivity index (χ3n) is 3.33. The molecule has 2 aromatic carbocycles. The molecule has 0 heterocycles. The zero-order valence-electron chi connectivity index (χ0n) is 14.4. The number of esters is 1. The molecule has 0 aromatic heterocycles. The van der Waals surface area contributed by atoms with Gasteiger partial charge in [0.05, 0.1) is 10.6 Å². The number of anilines is 1. The summed E-state index contributed by atoms with van der Waals surface area (Å²) in [6.07, 6.45) is 1.72. The van der Waals surface area contributed by atoms with Crippen LogP contribution in [-0.4, -0.2) is 36.3 Å². The van der Waals surface area contributed by atoms with Gasteiger partial charge in [-0.05, 0) is 30.5 Å². The highest BCUT2D eigenvalue weighted by atomic mass is 32.2. The summed E-state index contributed by atoms with van der Waals surface area (Å²) < 4.78 is 33.9. The molecular weight excluding hydrogens is 398 g/mol. The van der Waals surface area contributed by atoms with Crippen LogP contribution in [0.15, 0.2) is 47.4 Å². The lowest BCUT2D eigenvalue weighted by Gasteiger charge is -2.12. The van der Waals surface area contributed by atoms with E-state index in [4.69, 9.17) is 4.74 Å². The predicted octanol–water partition coefficient (Wildman–Crippen LogP) is 3.71. The zero-order chi connectivity index (χ0) is 20.7. The Morgan fingerprint density at radius 1 is 1.25 bits per heavy atom. The number of rotatable bonds is 8. The Bertz CT molecular complexity index is 894. The largest absolute Gasteiger partial charge is 0.452 e. The summed E-state index contributed by atoms with van der Waals surface area (Å²) in [7, 11) is 0. The maximum absolute atomic E-state index is 12.4. The van der Waals surface area contributed by atoms with Gasteiger partial charge in [0.1, 0.15) is 11.3 Å². The fourth-order valence-corrected chi connectivity index (χ4v) is 2.57. The lowest BCUT2D eigenvalue weighted by molar-refractivity contribution is -0.385. The van der Waals surface area contributed by atoms with E-state index in [1.165, 1.54) is 54.2 Å². The van der Waals surface area contributed by atoms with Crippen LogP contribution in [0.1, 0.15) is 10.4 Å². The zero-order valence-corrected chi connectivity index (χ0v) is 15.2. The van der Waals surface area contributed by atoms with Crippen molar-refractivity contribution in [1.82, 2.24) is 0 Å². The van der Waals surface area contributed by atoms with E-state index in [9.17, 15) is 28.5 Å². The Hall–Kier alpha value is -3.21. The normalized spacial score (nSPS) is 10.4. The second kappa shape index (κ2) is 9.65. The Balaban J connectivity index is 2.06. The molecule has 0 saturated carbocycles. The molecule has 2 rings (SSSR count). The van der Waals surface area contributed by atoms with Gasteiger partial charge in [0.25, 0.3) is 11.6 Å². The van der Waals surface area contributed by atoms with Crippen molar-refractivity contribution in [2.45, 2.75) is 11.5 Å². The van der Waals surface area contributed by atoms with Gasteiger partial charge in [-0.2, -0.15) is 8.78 Å². The molecule has 0 spiro atoms. The third kappa shape index (κ3) is 5.64. The Morgan fingerprint density at radius 3 is 2.61 bits per heavy atom. The molecule has 1 N–H and O–H groups in total. The van der Waals surface area contributed by atoms with Crippen LogP contribution in [0.4, 0.5) is 20.2 Å². The molecule has 1 amide bonds. The highest BCUT2D eigenvalue weighted by Crippen LogP contribution is 2.26. The number of carbonyl (C=O) groups is 2. The minimum Gasteiger partial charge on any atom is -0.452 e. The van der Waals surface area contributed by atoms with E-state index >= 15 is 0 Å². The number of hydrogen-bond acceptors (Lipinski definition) is 7. The van der Waals surface area contributed by atoms with Gasteiger partial charge in [0.2, 0.25) is 0 Å². The minimum absolute atomic E-state index is 0.0424. The molecule has 0 saturated heterocycles. The van der Waals surface area contributed by atoms with Crippen LogP contribution < -0.4 is 10.1 Å². The van der Waals surface area contributed by atoms with Crippen LogP contribution in [0.3, 0.4) is 0 Å². The first-order chi connectivity index (χ1) is 13.3. The minimum atomic E-state index is -3.08. The Labute approximate surface area is 162 Å². The van der Waals surface area contributed by atoms with Gasteiger partial charge in [-0.15, -0.1) is 11.8 Å². The second-order valence-corrected chi connectivity index (χ2v) is 6.02. The lowest BCUT2D eigenvalue weighted by atomic mass is 10.2. The molecule has 0 fully saturated rings. The standard InChI is InChI=1S/C17H14F2N2O6S/c1-28-10-6-7-13(21(24)25)11(8-10)16(23)26-9-15(22)20-12-4-2-3-5-14(12)27-17(18)19/h2-8,17H,9H2,1H3,(H,20,22). The predicted molar refractivity (Wildman–Crippen MR) is 96.9 cm³/mol. The smallest absolute Gasteiger partial charge is 0.387 e. The van der Waals surface area contributed by atoms with Crippen LogP contribution in [0, 0.1) is 10.1 Å². The van der Waals surface area contributed by atoms with Gasteiger partial charge in [0, 0.05) is 11.0 Å². The van der Waals surface area contributed by atoms with Crippen molar-refractivity contribution >= 4 is 35.0 Å².